The molecule has 0 radical (unpaired) electrons. The molecule has 0 spiro atoms. The summed E-state index contributed by atoms with van der Waals surface area (Å²) in [5.41, 5.74) is 4.14. The number of rotatable bonds is 6. The van der Waals surface area contributed by atoms with Crippen molar-refractivity contribution in [2.24, 2.45) is 13.0 Å². The van der Waals surface area contributed by atoms with Gasteiger partial charge in [0.2, 0.25) is 10.0 Å². The Kier molecular flexibility index (Phi) is 8.17. The fourth-order valence-electron chi connectivity index (χ4n) is 5.46. The molecular formula is C30H35N3O5S2. The molecule has 212 valence electrons. The van der Waals surface area contributed by atoms with Crippen LogP contribution in [0.2, 0.25) is 0 Å². The summed E-state index contributed by atoms with van der Waals surface area (Å²) in [5.74, 6) is -0.418. The lowest BCUT2D eigenvalue weighted by atomic mass is 9.96. The van der Waals surface area contributed by atoms with Gasteiger partial charge >= 0.3 is 0 Å². The zero-order valence-corrected chi connectivity index (χ0v) is 24.8. The zero-order valence-electron chi connectivity index (χ0n) is 23.1. The van der Waals surface area contributed by atoms with Crippen LogP contribution >= 0.6 is 11.3 Å². The zero-order chi connectivity index (χ0) is 28.6. The highest BCUT2D eigenvalue weighted by Crippen LogP contribution is 2.38. The molecule has 0 unspecified atom stereocenters. The van der Waals surface area contributed by atoms with E-state index < -0.39 is 22.2 Å². The molecule has 2 aromatic heterocycles. The first kappa shape index (κ1) is 28.5. The third-order valence-electron chi connectivity index (χ3n) is 7.87. The average Bonchev–Trinajstić information content (AvgIpc) is 3.60. The number of aliphatic hydroxyl groups excluding tert-OH is 1. The monoisotopic (exact) mass is 581 g/mol. The maximum absolute atomic E-state index is 14.4. The third-order valence-corrected chi connectivity index (χ3v) is 10.5. The number of fused-ring (bicyclic) bond motifs is 5. The van der Waals surface area contributed by atoms with Gasteiger partial charge in [-0.2, -0.15) is 15.6 Å². The molecule has 1 aliphatic rings. The minimum absolute atomic E-state index is 0.118. The van der Waals surface area contributed by atoms with Gasteiger partial charge in [-0.1, -0.05) is 49.4 Å². The smallest absolute Gasteiger partial charge is 0.271 e. The number of carbonyl (C=O) groups is 1. The predicted molar refractivity (Wildman–Crippen MR) is 158 cm³/mol. The Labute approximate surface area is 239 Å². The fourth-order valence-corrected chi connectivity index (χ4v) is 7.65. The number of likely N-dealkylation sites (N-methyl/N-ethyl adjacent to an activating group) is 1. The van der Waals surface area contributed by atoms with E-state index in [1.54, 1.807) is 28.8 Å². The Morgan fingerprint density at radius 1 is 1.15 bits per heavy atom. The van der Waals surface area contributed by atoms with Gasteiger partial charge in [0.15, 0.2) is 0 Å². The minimum atomic E-state index is -3.69. The highest BCUT2D eigenvalue weighted by molar-refractivity contribution is 7.89. The number of para-hydroxylation sites is 1. The second kappa shape index (κ2) is 11.5. The molecule has 0 fully saturated rings. The molecule has 8 nitrogen and oxygen atoms in total. The van der Waals surface area contributed by atoms with Gasteiger partial charge in [0.05, 0.1) is 30.3 Å². The van der Waals surface area contributed by atoms with Crippen LogP contribution in [0.25, 0.3) is 22.0 Å². The first-order chi connectivity index (χ1) is 19.1. The summed E-state index contributed by atoms with van der Waals surface area (Å²) >= 11 is 1.33. The van der Waals surface area contributed by atoms with Crippen LogP contribution < -0.4 is 0 Å². The normalized spacial score (nSPS) is 19.4. The largest absolute Gasteiger partial charge is 0.394 e. The Morgan fingerprint density at radius 2 is 1.88 bits per heavy atom. The van der Waals surface area contributed by atoms with E-state index in [9.17, 15) is 18.3 Å². The van der Waals surface area contributed by atoms with Crippen molar-refractivity contribution in [3.05, 3.63) is 76.6 Å². The van der Waals surface area contributed by atoms with E-state index >= 15 is 0 Å². The van der Waals surface area contributed by atoms with Gasteiger partial charge in [0, 0.05) is 54.9 Å². The number of thiophene rings is 1. The van der Waals surface area contributed by atoms with E-state index in [0.29, 0.717) is 5.69 Å². The Hall–Kier alpha value is -3.02. The van der Waals surface area contributed by atoms with Crippen LogP contribution in [-0.2, 0) is 28.4 Å². The van der Waals surface area contributed by atoms with Gasteiger partial charge in [0.25, 0.3) is 5.91 Å². The van der Waals surface area contributed by atoms with Crippen molar-refractivity contribution in [2.75, 3.05) is 26.7 Å². The number of aromatic nitrogens is 1. The number of aryl methyl sites for hydroxylation is 1. The van der Waals surface area contributed by atoms with Crippen molar-refractivity contribution in [1.29, 1.82) is 0 Å². The number of sulfonamides is 1. The van der Waals surface area contributed by atoms with Crippen molar-refractivity contribution in [2.45, 2.75) is 37.5 Å². The van der Waals surface area contributed by atoms with Gasteiger partial charge in [-0.25, -0.2) is 8.42 Å². The van der Waals surface area contributed by atoms with E-state index in [1.807, 2.05) is 74.0 Å². The average molecular weight is 582 g/mol. The number of nitrogens with zero attached hydrogens (tertiary/aromatic N) is 3. The first-order valence-electron chi connectivity index (χ1n) is 13.3. The minimum Gasteiger partial charge on any atom is -0.394 e. The summed E-state index contributed by atoms with van der Waals surface area (Å²) in [6.45, 7) is 4.24. The molecule has 1 amide bonds. The molecule has 0 saturated heterocycles. The highest BCUT2D eigenvalue weighted by atomic mass is 32.2. The lowest BCUT2D eigenvalue weighted by Crippen LogP contribution is -2.48. The summed E-state index contributed by atoms with van der Waals surface area (Å²) in [7, 11) is -0.236. The Bertz CT molecular complexity index is 1610. The summed E-state index contributed by atoms with van der Waals surface area (Å²) < 4.78 is 36.2. The first-order valence-corrected chi connectivity index (χ1v) is 15.7. The molecule has 2 aromatic carbocycles. The van der Waals surface area contributed by atoms with Crippen LogP contribution in [0.4, 0.5) is 0 Å². The van der Waals surface area contributed by atoms with Crippen LogP contribution in [0.3, 0.4) is 0 Å². The van der Waals surface area contributed by atoms with E-state index in [2.05, 4.69) is 0 Å². The Morgan fingerprint density at radius 3 is 2.60 bits per heavy atom. The molecule has 3 heterocycles. The summed E-state index contributed by atoms with van der Waals surface area (Å²) in [4.78, 5) is 16.4. The summed E-state index contributed by atoms with van der Waals surface area (Å²) in [6, 6.07) is 17.0. The molecule has 1 N–H and O–H groups in total. The highest BCUT2D eigenvalue weighted by Gasteiger charge is 2.34. The standard InChI is InChI=1S/C30H35N3O5S2/c1-20-15-33(21(2)17-34)30(35)29-28(25-11-7-8-12-26(25)32(29)4)24-10-6-5-9-22(24)18-38-27(20)16-31(3)40(36,37)23-13-14-39-19-23/h5-14,19-21,27,34H,15-18H2,1-4H3/t20-,21+,27+/m0/s1. The van der Waals surface area contributed by atoms with E-state index in [-0.39, 0.29) is 43.0 Å². The topological polar surface area (TPSA) is 92.1 Å². The SMILES string of the molecule is C[C@H](CO)N1C[C@H](C)[C@@H](CN(C)S(=O)(=O)c2ccsc2)OCc2ccccc2-c2c(n(C)c3ccccc23)C1=O. The number of aliphatic hydroxyl groups is 1. The number of carbonyl (C=O) groups excluding carboxylic acids is 1. The molecule has 4 aromatic rings. The fraction of sp³-hybridized carbons (Fsp3) is 0.367. The molecular weight excluding hydrogens is 546 g/mol. The lowest BCUT2D eigenvalue weighted by Gasteiger charge is -2.34. The summed E-state index contributed by atoms with van der Waals surface area (Å²) in [5, 5.41) is 14.5. The van der Waals surface area contributed by atoms with Crippen molar-refractivity contribution >= 4 is 38.2 Å². The van der Waals surface area contributed by atoms with Crippen molar-refractivity contribution in [3.63, 3.8) is 0 Å². The quantitative estimate of drug-likeness (QED) is 0.360. The number of benzene rings is 2. The van der Waals surface area contributed by atoms with Crippen molar-refractivity contribution in [1.82, 2.24) is 13.8 Å². The molecule has 3 atom stereocenters. The van der Waals surface area contributed by atoms with Gasteiger partial charge in [0.1, 0.15) is 5.69 Å². The van der Waals surface area contributed by atoms with Crippen LogP contribution in [0.15, 0.2) is 70.3 Å². The van der Waals surface area contributed by atoms with Crippen LogP contribution in [0.1, 0.15) is 29.9 Å². The van der Waals surface area contributed by atoms with Crippen molar-refractivity contribution < 1.29 is 23.1 Å². The van der Waals surface area contributed by atoms with Crippen LogP contribution in [-0.4, -0.2) is 72.1 Å². The molecule has 5 rings (SSSR count). The molecule has 40 heavy (non-hydrogen) atoms. The van der Waals surface area contributed by atoms with Gasteiger partial charge in [-0.15, -0.1) is 0 Å². The number of ether oxygens (including phenoxy) is 1. The summed E-state index contributed by atoms with van der Waals surface area (Å²) in [6.07, 6.45) is -0.509. The van der Waals surface area contributed by atoms with E-state index in [1.165, 1.54) is 15.6 Å². The second-order valence-electron chi connectivity index (χ2n) is 10.5. The molecule has 10 heteroatoms. The van der Waals surface area contributed by atoms with Gasteiger partial charge < -0.3 is 19.3 Å². The maximum atomic E-state index is 14.4. The van der Waals surface area contributed by atoms with Crippen molar-refractivity contribution in [3.8, 4) is 11.1 Å². The number of hydrogen-bond donors (Lipinski definition) is 1. The third kappa shape index (κ3) is 5.10. The van der Waals surface area contributed by atoms with Crippen LogP contribution in [0, 0.1) is 5.92 Å². The van der Waals surface area contributed by atoms with E-state index in [4.69, 9.17) is 4.74 Å². The molecule has 0 saturated carbocycles. The molecule has 1 aliphatic heterocycles. The predicted octanol–water partition coefficient (Wildman–Crippen LogP) is 4.59. The number of amides is 1. The number of hydrogen-bond acceptors (Lipinski definition) is 6. The van der Waals surface area contributed by atoms with Gasteiger partial charge in [-0.05, 0) is 35.6 Å². The van der Waals surface area contributed by atoms with Gasteiger partial charge in [-0.3, -0.25) is 4.79 Å². The van der Waals surface area contributed by atoms with E-state index in [0.717, 1.165) is 27.6 Å². The molecule has 0 bridgehead atoms. The Balaban J connectivity index is 1.63. The maximum Gasteiger partial charge on any atom is 0.271 e. The lowest BCUT2D eigenvalue weighted by molar-refractivity contribution is -0.0147. The second-order valence-corrected chi connectivity index (χ2v) is 13.3. The molecule has 0 aliphatic carbocycles. The van der Waals surface area contributed by atoms with Crippen LogP contribution in [0.5, 0.6) is 0 Å².